The van der Waals surface area contributed by atoms with Gasteiger partial charge < -0.3 is 20.1 Å². The van der Waals surface area contributed by atoms with Gasteiger partial charge in [0, 0.05) is 24.5 Å². The number of anilines is 2. The van der Waals surface area contributed by atoms with Gasteiger partial charge in [0.25, 0.3) is 0 Å². The summed E-state index contributed by atoms with van der Waals surface area (Å²) in [6.07, 6.45) is 0. The van der Waals surface area contributed by atoms with E-state index in [4.69, 9.17) is 33.3 Å². The number of rotatable bonds is 5. The molecule has 1 fully saturated rings. The average molecular weight is 442 g/mol. The third-order valence-electron chi connectivity index (χ3n) is 4.13. The maximum absolute atomic E-state index is 12.6. The number of morpholine rings is 1. The first-order valence-electron chi connectivity index (χ1n) is 8.49. The Bertz CT molecular complexity index is 946. The van der Waals surface area contributed by atoms with Crippen LogP contribution in [-0.4, -0.2) is 51.2 Å². The molecule has 0 radical (unpaired) electrons. The Labute approximate surface area is 174 Å². The fourth-order valence-electron chi connectivity index (χ4n) is 2.68. The molecule has 0 amide bonds. The van der Waals surface area contributed by atoms with E-state index < -0.39 is 10.0 Å². The van der Waals surface area contributed by atoms with E-state index in [0.717, 1.165) is 0 Å². The van der Waals surface area contributed by atoms with E-state index >= 15 is 0 Å². The highest BCUT2D eigenvalue weighted by Gasteiger charge is 2.26. The minimum Gasteiger partial charge on any atom is -0.495 e. The van der Waals surface area contributed by atoms with Gasteiger partial charge in [-0.1, -0.05) is 11.6 Å². The second kappa shape index (κ2) is 9.06. The molecule has 2 aromatic rings. The van der Waals surface area contributed by atoms with Crippen LogP contribution in [0.15, 0.2) is 47.4 Å². The first-order valence-corrected chi connectivity index (χ1v) is 10.7. The summed E-state index contributed by atoms with van der Waals surface area (Å²) in [5.41, 5.74) is 1.37. The van der Waals surface area contributed by atoms with E-state index in [1.807, 2.05) is 0 Å². The summed E-state index contributed by atoms with van der Waals surface area (Å²) in [6, 6.07) is 11.7. The number of ether oxygens (including phenoxy) is 2. The Kier molecular flexibility index (Phi) is 6.73. The largest absolute Gasteiger partial charge is 0.495 e. The van der Waals surface area contributed by atoms with Crippen molar-refractivity contribution in [2.24, 2.45) is 0 Å². The van der Waals surface area contributed by atoms with Crippen LogP contribution >= 0.6 is 23.8 Å². The Morgan fingerprint density at radius 3 is 2.32 bits per heavy atom. The molecule has 150 valence electrons. The highest BCUT2D eigenvalue weighted by atomic mass is 35.5. The van der Waals surface area contributed by atoms with Gasteiger partial charge in [-0.2, -0.15) is 4.31 Å². The SMILES string of the molecule is COc1ccc(NC(=S)Nc2ccc(S(=O)(=O)N3CCOCC3)cc2)cc1Cl. The number of benzene rings is 2. The highest BCUT2D eigenvalue weighted by molar-refractivity contribution is 7.89. The molecular formula is C18H20ClN3O4S2. The predicted molar refractivity (Wildman–Crippen MR) is 114 cm³/mol. The second-order valence-corrected chi connectivity index (χ2v) is 8.72. The fourth-order valence-corrected chi connectivity index (χ4v) is 4.59. The predicted octanol–water partition coefficient (Wildman–Crippen LogP) is 3.18. The van der Waals surface area contributed by atoms with Gasteiger partial charge in [-0.05, 0) is 54.7 Å². The van der Waals surface area contributed by atoms with Crippen molar-refractivity contribution < 1.29 is 17.9 Å². The summed E-state index contributed by atoms with van der Waals surface area (Å²) in [5, 5.41) is 6.85. The number of nitrogens with zero attached hydrogens (tertiary/aromatic N) is 1. The average Bonchev–Trinajstić information content (AvgIpc) is 2.69. The topological polar surface area (TPSA) is 79.9 Å². The summed E-state index contributed by atoms with van der Waals surface area (Å²) in [6.45, 7) is 1.55. The molecule has 7 nitrogen and oxygen atoms in total. The van der Waals surface area contributed by atoms with Crippen LogP contribution in [0.5, 0.6) is 5.75 Å². The van der Waals surface area contributed by atoms with Crippen LogP contribution in [0.4, 0.5) is 11.4 Å². The minimum atomic E-state index is -3.52. The summed E-state index contributed by atoms with van der Waals surface area (Å²) in [4.78, 5) is 0.237. The second-order valence-electron chi connectivity index (χ2n) is 5.97. The molecular weight excluding hydrogens is 422 g/mol. The monoisotopic (exact) mass is 441 g/mol. The molecule has 2 aromatic carbocycles. The molecule has 0 aliphatic carbocycles. The third kappa shape index (κ3) is 4.92. The van der Waals surface area contributed by atoms with Crippen molar-refractivity contribution in [1.29, 1.82) is 0 Å². The molecule has 1 heterocycles. The molecule has 1 aliphatic heterocycles. The lowest BCUT2D eigenvalue weighted by Gasteiger charge is -2.26. The van der Waals surface area contributed by atoms with Crippen molar-refractivity contribution in [3.05, 3.63) is 47.5 Å². The van der Waals surface area contributed by atoms with Crippen molar-refractivity contribution in [2.75, 3.05) is 44.0 Å². The maximum atomic E-state index is 12.6. The molecule has 2 N–H and O–H groups in total. The summed E-state index contributed by atoms with van der Waals surface area (Å²) in [7, 11) is -1.97. The molecule has 0 aromatic heterocycles. The number of methoxy groups -OCH3 is 1. The van der Waals surface area contributed by atoms with E-state index in [0.29, 0.717) is 53.6 Å². The van der Waals surface area contributed by atoms with Crippen molar-refractivity contribution >= 4 is 50.3 Å². The van der Waals surface area contributed by atoms with Crippen LogP contribution < -0.4 is 15.4 Å². The van der Waals surface area contributed by atoms with Crippen LogP contribution in [0.2, 0.25) is 5.02 Å². The van der Waals surface area contributed by atoms with Gasteiger partial charge in [0.15, 0.2) is 5.11 Å². The molecule has 1 saturated heterocycles. The summed E-state index contributed by atoms with van der Waals surface area (Å²) < 4.78 is 37.0. The normalized spacial score (nSPS) is 15.1. The van der Waals surface area contributed by atoms with Gasteiger partial charge in [-0.25, -0.2) is 8.42 Å². The van der Waals surface area contributed by atoms with Crippen LogP contribution in [0, 0.1) is 0 Å². The molecule has 3 rings (SSSR count). The van der Waals surface area contributed by atoms with Crippen molar-refractivity contribution in [3.8, 4) is 5.75 Å². The third-order valence-corrected chi connectivity index (χ3v) is 6.54. The molecule has 10 heteroatoms. The van der Waals surface area contributed by atoms with Gasteiger partial charge in [0.05, 0.1) is 30.2 Å². The molecule has 0 spiro atoms. The zero-order chi connectivity index (χ0) is 20.1. The molecule has 0 saturated carbocycles. The first kappa shape index (κ1) is 20.8. The lowest BCUT2D eigenvalue weighted by molar-refractivity contribution is 0.0730. The number of nitrogens with one attached hydrogen (secondary N) is 2. The van der Waals surface area contributed by atoms with E-state index in [-0.39, 0.29) is 4.90 Å². The highest BCUT2D eigenvalue weighted by Crippen LogP contribution is 2.27. The minimum absolute atomic E-state index is 0.237. The van der Waals surface area contributed by atoms with Gasteiger partial charge in [-0.3, -0.25) is 0 Å². The zero-order valence-electron chi connectivity index (χ0n) is 15.1. The number of hydrogen-bond acceptors (Lipinski definition) is 5. The van der Waals surface area contributed by atoms with Crippen LogP contribution in [0.25, 0.3) is 0 Å². The lowest BCUT2D eigenvalue weighted by Crippen LogP contribution is -2.40. The molecule has 0 atom stereocenters. The van der Waals surface area contributed by atoms with Gasteiger partial charge in [0.1, 0.15) is 5.75 Å². The fraction of sp³-hybridized carbons (Fsp3) is 0.278. The quantitative estimate of drug-likeness (QED) is 0.690. The standard InChI is InChI=1S/C18H20ClN3O4S2/c1-25-17-7-4-14(12-16(17)19)21-18(27)20-13-2-5-15(6-3-13)28(23,24)22-8-10-26-11-9-22/h2-7,12H,8-11H2,1H3,(H2,20,21,27). The molecule has 0 bridgehead atoms. The van der Waals surface area contributed by atoms with Gasteiger partial charge >= 0.3 is 0 Å². The van der Waals surface area contributed by atoms with E-state index in [1.54, 1.807) is 49.6 Å². The zero-order valence-corrected chi connectivity index (χ0v) is 17.5. The van der Waals surface area contributed by atoms with Crippen molar-refractivity contribution in [1.82, 2.24) is 4.31 Å². The lowest BCUT2D eigenvalue weighted by atomic mass is 10.3. The maximum Gasteiger partial charge on any atom is 0.243 e. The van der Waals surface area contributed by atoms with Crippen LogP contribution in [0.3, 0.4) is 0 Å². The molecule has 1 aliphatic rings. The van der Waals surface area contributed by atoms with Crippen molar-refractivity contribution in [3.63, 3.8) is 0 Å². The number of hydrogen-bond donors (Lipinski definition) is 2. The Hall–Kier alpha value is -1.91. The van der Waals surface area contributed by atoms with Gasteiger partial charge in [0.2, 0.25) is 10.0 Å². The Morgan fingerprint density at radius 2 is 1.71 bits per heavy atom. The van der Waals surface area contributed by atoms with E-state index in [9.17, 15) is 8.42 Å². The van der Waals surface area contributed by atoms with Crippen LogP contribution in [0.1, 0.15) is 0 Å². The summed E-state index contributed by atoms with van der Waals surface area (Å²) in [5.74, 6) is 0.572. The number of halogens is 1. The summed E-state index contributed by atoms with van der Waals surface area (Å²) >= 11 is 11.4. The van der Waals surface area contributed by atoms with E-state index in [2.05, 4.69) is 10.6 Å². The van der Waals surface area contributed by atoms with E-state index in [1.165, 1.54) is 4.31 Å². The molecule has 0 unspecified atom stereocenters. The molecule has 28 heavy (non-hydrogen) atoms. The van der Waals surface area contributed by atoms with Crippen molar-refractivity contribution in [2.45, 2.75) is 4.90 Å². The van der Waals surface area contributed by atoms with Gasteiger partial charge in [-0.15, -0.1) is 0 Å². The van der Waals surface area contributed by atoms with Crippen LogP contribution in [-0.2, 0) is 14.8 Å². The number of sulfonamides is 1. The smallest absolute Gasteiger partial charge is 0.243 e. The number of thiocarbonyl (C=S) groups is 1. The Balaban J connectivity index is 1.63. The first-order chi connectivity index (χ1) is 13.4. The Morgan fingerprint density at radius 1 is 1.11 bits per heavy atom.